The van der Waals surface area contributed by atoms with Crippen molar-refractivity contribution in [3.05, 3.63) is 71.8 Å². The van der Waals surface area contributed by atoms with E-state index < -0.39 is 23.8 Å². The summed E-state index contributed by atoms with van der Waals surface area (Å²) in [5, 5.41) is 3.08. The zero-order chi connectivity index (χ0) is 36.1. The number of carbonyl (C=O) groups is 5. The van der Waals surface area contributed by atoms with Crippen molar-refractivity contribution in [2.75, 3.05) is 20.6 Å². The lowest BCUT2D eigenvalue weighted by molar-refractivity contribution is -0.136. The van der Waals surface area contributed by atoms with Crippen LogP contribution < -0.4 is 5.32 Å². The second-order valence-electron chi connectivity index (χ2n) is 15.9. The fraction of sp³-hybridized carbons (Fsp3) is 0.595. The molecule has 0 spiro atoms. The van der Waals surface area contributed by atoms with Gasteiger partial charge < -0.3 is 10.2 Å². The summed E-state index contributed by atoms with van der Waals surface area (Å²) >= 11 is 0. The highest BCUT2D eigenvalue weighted by Gasteiger charge is 2.48. The fourth-order valence-corrected chi connectivity index (χ4v) is 6.77. The minimum absolute atomic E-state index is 0.00768. The molecule has 1 fully saturated rings. The molecule has 0 saturated heterocycles. The monoisotopic (exact) mass is 672 g/mol. The number of aryl methyl sites for hydroxylation is 1. The van der Waals surface area contributed by atoms with E-state index in [1.54, 1.807) is 0 Å². The molecule has 1 aliphatic carbocycles. The van der Waals surface area contributed by atoms with Gasteiger partial charge in [0.05, 0.1) is 12.6 Å². The lowest BCUT2D eigenvalue weighted by Gasteiger charge is -2.27. The Bertz CT molecular complexity index is 1380. The summed E-state index contributed by atoms with van der Waals surface area (Å²) in [6.45, 7) is 10.4. The topological polar surface area (TPSA) is 101 Å². The minimum Gasteiger partial charge on any atom is -0.346 e. The van der Waals surface area contributed by atoms with Crippen LogP contribution in [-0.2, 0) is 36.8 Å². The average molecular weight is 673 g/mol. The molecule has 1 saturated carbocycles. The Hall–Kier alpha value is -3.45. The van der Waals surface area contributed by atoms with Gasteiger partial charge in [0.1, 0.15) is 17.3 Å². The van der Waals surface area contributed by atoms with Crippen LogP contribution in [0.15, 0.2) is 60.7 Å². The maximum Gasteiger partial charge on any atom is 0.224 e. The number of ketones is 4. The van der Waals surface area contributed by atoms with E-state index in [-0.39, 0.29) is 72.1 Å². The molecule has 0 aliphatic heterocycles. The number of carbonyl (C=O) groups excluding carboxylic acids is 5. The maximum absolute atomic E-state index is 14.2. The van der Waals surface area contributed by atoms with Crippen LogP contribution in [0.25, 0.3) is 0 Å². The van der Waals surface area contributed by atoms with Gasteiger partial charge in [-0.2, -0.15) is 0 Å². The van der Waals surface area contributed by atoms with Crippen molar-refractivity contribution in [1.29, 1.82) is 0 Å². The van der Waals surface area contributed by atoms with Gasteiger partial charge in [0.25, 0.3) is 0 Å². The zero-order valence-corrected chi connectivity index (χ0v) is 31.0. The van der Waals surface area contributed by atoms with Crippen LogP contribution >= 0.6 is 0 Å². The summed E-state index contributed by atoms with van der Waals surface area (Å²) < 4.78 is 0. The molecule has 0 aromatic heterocycles. The first-order valence-corrected chi connectivity index (χ1v) is 18.3. The Balaban J connectivity index is 1.82. The van der Waals surface area contributed by atoms with E-state index in [4.69, 9.17) is 0 Å². The molecule has 7 nitrogen and oxygen atoms in total. The average Bonchev–Trinajstić information content (AvgIpc) is 3.79. The third kappa shape index (κ3) is 13.8. The van der Waals surface area contributed by atoms with E-state index in [2.05, 4.69) is 5.32 Å². The van der Waals surface area contributed by atoms with Crippen molar-refractivity contribution in [2.45, 2.75) is 105 Å². The molecule has 268 valence electrons. The zero-order valence-electron chi connectivity index (χ0n) is 31.0. The van der Waals surface area contributed by atoms with Gasteiger partial charge in [0, 0.05) is 42.4 Å². The third-order valence-electron chi connectivity index (χ3n) is 9.78. The van der Waals surface area contributed by atoms with Crippen molar-refractivity contribution in [2.24, 2.45) is 35.0 Å². The number of nitrogens with one attached hydrogen (secondary N) is 1. The summed E-state index contributed by atoms with van der Waals surface area (Å²) in [6, 6.07) is 19.0. The lowest BCUT2D eigenvalue weighted by atomic mass is 9.80. The molecule has 7 heteroatoms. The van der Waals surface area contributed by atoms with Gasteiger partial charge in [-0.3, -0.25) is 24.0 Å². The number of hydrogen-bond acceptors (Lipinski definition) is 6. The second kappa shape index (κ2) is 19.1. The molecule has 1 amide bonds. The van der Waals surface area contributed by atoms with Gasteiger partial charge in [-0.15, -0.1) is 0 Å². The minimum atomic E-state index is -0.676. The maximum atomic E-state index is 14.2. The molecule has 1 aliphatic rings. The molecule has 2 aromatic rings. The molecule has 0 heterocycles. The normalized spacial score (nSPS) is 16.2. The van der Waals surface area contributed by atoms with Crippen LogP contribution in [0.2, 0.25) is 0 Å². The highest BCUT2D eigenvalue weighted by atomic mass is 16.2. The van der Waals surface area contributed by atoms with E-state index in [0.29, 0.717) is 32.1 Å². The number of hydrogen-bond donors (Lipinski definition) is 1. The van der Waals surface area contributed by atoms with Crippen molar-refractivity contribution in [1.82, 2.24) is 10.2 Å². The third-order valence-corrected chi connectivity index (χ3v) is 9.78. The number of amides is 1. The first-order valence-electron chi connectivity index (χ1n) is 18.3. The van der Waals surface area contributed by atoms with Crippen molar-refractivity contribution in [3.8, 4) is 0 Å². The van der Waals surface area contributed by atoms with E-state index in [0.717, 1.165) is 24.0 Å². The van der Waals surface area contributed by atoms with Crippen LogP contribution in [0.4, 0.5) is 0 Å². The van der Waals surface area contributed by atoms with Crippen LogP contribution in [0.1, 0.15) is 97.1 Å². The first kappa shape index (κ1) is 40.0. The Morgan fingerprint density at radius 1 is 0.714 bits per heavy atom. The summed E-state index contributed by atoms with van der Waals surface area (Å²) in [6.07, 6.45) is 4.49. The smallest absolute Gasteiger partial charge is 0.224 e. The second-order valence-corrected chi connectivity index (χ2v) is 15.9. The van der Waals surface area contributed by atoms with Crippen LogP contribution in [0.5, 0.6) is 0 Å². The Morgan fingerprint density at radius 2 is 1.24 bits per heavy atom. The number of Topliss-reactive ketones (excluding diaryl/α,β-unsaturated/α-hetero) is 4. The predicted molar refractivity (Wildman–Crippen MR) is 196 cm³/mol. The van der Waals surface area contributed by atoms with Gasteiger partial charge in [0.2, 0.25) is 5.91 Å². The molecule has 2 aromatic carbocycles. The van der Waals surface area contributed by atoms with Gasteiger partial charge in [-0.25, -0.2) is 0 Å². The van der Waals surface area contributed by atoms with Gasteiger partial charge in [-0.05, 0) is 82.0 Å². The van der Waals surface area contributed by atoms with E-state index in [1.807, 2.05) is 114 Å². The van der Waals surface area contributed by atoms with Crippen LogP contribution in [0.3, 0.4) is 0 Å². The summed E-state index contributed by atoms with van der Waals surface area (Å²) in [5.74, 6) is -1.71. The standard InChI is InChI=1S/C42H60N2O5/c1-29(2)22-34(26-38(46)33(25-36(45)28-44(6)7)19-18-31-14-10-8-11-15-31)39(47)27-35(24-32-16-12-9-13-17-32)41(49)43-37(23-30(3)4)40(48)42(5)20-21-42/h8-17,29-30,33-35,37H,18-28H2,1-7H3,(H,43,49)/t33-,34-,35-,37+/m1/s1. The molecule has 4 atom stereocenters. The molecule has 0 bridgehead atoms. The van der Waals surface area contributed by atoms with Crippen LogP contribution in [0, 0.1) is 35.0 Å². The van der Waals surface area contributed by atoms with Gasteiger partial charge >= 0.3 is 0 Å². The largest absolute Gasteiger partial charge is 0.346 e. The molecule has 0 radical (unpaired) electrons. The fourth-order valence-electron chi connectivity index (χ4n) is 6.77. The van der Waals surface area contributed by atoms with Gasteiger partial charge in [0.15, 0.2) is 5.78 Å². The van der Waals surface area contributed by atoms with Crippen molar-refractivity contribution < 1.29 is 24.0 Å². The molecule has 1 N–H and O–H groups in total. The summed E-state index contributed by atoms with van der Waals surface area (Å²) in [7, 11) is 3.68. The number of nitrogens with zero attached hydrogens (tertiary/aromatic N) is 1. The Morgan fingerprint density at radius 3 is 1.78 bits per heavy atom. The quantitative estimate of drug-likeness (QED) is 0.135. The van der Waals surface area contributed by atoms with Crippen LogP contribution in [-0.4, -0.2) is 60.6 Å². The molecular formula is C42H60N2O5. The molecule has 0 unspecified atom stereocenters. The predicted octanol–water partition coefficient (Wildman–Crippen LogP) is 7.10. The van der Waals surface area contributed by atoms with Crippen molar-refractivity contribution >= 4 is 29.0 Å². The highest BCUT2D eigenvalue weighted by Crippen LogP contribution is 2.47. The first-order chi connectivity index (χ1) is 23.2. The molecular weight excluding hydrogens is 612 g/mol. The summed E-state index contributed by atoms with van der Waals surface area (Å²) in [5.41, 5.74) is 1.66. The number of benzene rings is 2. The summed E-state index contributed by atoms with van der Waals surface area (Å²) in [4.78, 5) is 70.3. The molecule has 3 rings (SSSR count). The molecule has 49 heavy (non-hydrogen) atoms. The van der Waals surface area contributed by atoms with Gasteiger partial charge in [-0.1, -0.05) is 95.3 Å². The van der Waals surface area contributed by atoms with E-state index in [9.17, 15) is 24.0 Å². The van der Waals surface area contributed by atoms with E-state index >= 15 is 0 Å². The number of rotatable bonds is 23. The highest BCUT2D eigenvalue weighted by molar-refractivity contribution is 5.97. The SMILES string of the molecule is CC(C)C[C@H](CC(=O)[C@H](CCc1ccccc1)CC(=O)CN(C)C)C(=O)C[C@@H](Cc1ccccc1)C(=O)N[C@@H](CC(C)C)C(=O)C1(C)CC1. The Labute approximate surface area is 295 Å². The Kier molecular flexibility index (Phi) is 15.6. The van der Waals surface area contributed by atoms with E-state index in [1.165, 1.54) is 0 Å². The number of likely N-dealkylation sites (N-methyl/N-ethyl adjacent to an activating group) is 1. The van der Waals surface area contributed by atoms with Crippen molar-refractivity contribution in [3.63, 3.8) is 0 Å². The lowest BCUT2D eigenvalue weighted by Crippen LogP contribution is -2.47.